The van der Waals surface area contributed by atoms with E-state index in [0.717, 1.165) is 16.3 Å². The summed E-state index contributed by atoms with van der Waals surface area (Å²) in [5.41, 5.74) is 23.3. The fourth-order valence-electron chi connectivity index (χ4n) is 5.91. The zero-order chi connectivity index (χ0) is 39.7. The molecule has 3 aromatic carbocycles. The first-order chi connectivity index (χ1) is 26.4. The van der Waals surface area contributed by atoms with E-state index in [1.165, 1.54) is 24.4 Å². The minimum absolute atomic E-state index is 0.0327. The molecule has 1 aliphatic rings. The van der Waals surface area contributed by atoms with E-state index in [-0.39, 0.29) is 56.4 Å². The molecule has 3 unspecified atom stereocenters. The monoisotopic (exact) mass is 755 g/mol. The molecule has 4 atom stereocenters. The number of hydrogen-bond acceptors (Lipinski definition) is 9. The van der Waals surface area contributed by atoms with Crippen LogP contribution < -0.4 is 49.5 Å². The average molecular weight is 756 g/mol. The van der Waals surface area contributed by atoms with Crippen LogP contribution in [0.5, 0.6) is 5.75 Å². The molecule has 0 saturated carbocycles. The first-order valence-corrected chi connectivity index (χ1v) is 17.9. The summed E-state index contributed by atoms with van der Waals surface area (Å²) in [6, 6.07) is 15.2. The molecule has 292 valence electrons. The van der Waals surface area contributed by atoms with Gasteiger partial charge in [-0.3, -0.25) is 34.0 Å². The molecule has 0 spiro atoms. The van der Waals surface area contributed by atoms with Crippen molar-refractivity contribution < 1.29 is 29.1 Å². The lowest BCUT2D eigenvalue weighted by Crippen LogP contribution is -2.57. The molecular formula is C38H49N11O6. The van der Waals surface area contributed by atoms with Crippen molar-refractivity contribution in [1.82, 2.24) is 26.6 Å². The molecule has 0 saturated heterocycles. The van der Waals surface area contributed by atoms with E-state index in [2.05, 4.69) is 36.6 Å². The number of phenols is 1. The Morgan fingerprint density at radius 1 is 0.655 bits per heavy atom. The Hall–Kier alpha value is -6.65. The largest absolute Gasteiger partial charge is 0.508 e. The van der Waals surface area contributed by atoms with Crippen LogP contribution in [0.1, 0.15) is 36.8 Å². The summed E-state index contributed by atoms with van der Waals surface area (Å²) in [5, 5.41) is 25.4. The van der Waals surface area contributed by atoms with Gasteiger partial charge < -0.3 is 54.6 Å². The van der Waals surface area contributed by atoms with Crippen LogP contribution in [-0.2, 0) is 36.8 Å². The van der Waals surface area contributed by atoms with Gasteiger partial charge in [0.2, 0.25) is 23.6 Å². The number of phenolic OH excluding ortho intramolecular Hbond substituents is 1. The van der Waals surface area contributed by atoms with Crippen LogP contribution in [0.15, 0.2) is 89.0 Å². The Balaban J connectivity index is 1.67. The van der Waals surface area contributed by atoms with Crippen molar-refractivity contribution in [3.8, 4) is 5.75 Å². The van der Waals surface area contributed by atoms with Crippen LogP contribution in [0.4, 0.5) is 0 Å². The second-order valence-corrected chi connectivity index (χ2v) is 13.1. The normalized spacial score (nSPS) is 20.5. The lowest BCUT2D eigenvalue weighted by atomic mass is 10.0. The first kappa shape index (κ1) is 41.1. The van der Waals surface area contributed by atoms with Crippen molar-refractivity contribution in [2.75, 3.05) is 19.6 Å². The highest BCUT2D eigenvalue weighted by Gasteiger charge is 2.30. The van der Waals surface area contributed by atoms with Gasteiger partial charge in [-0.1, -0.05) is 54.6 Å². The summed E-state index contributed by atoms with van der Waals surface area (Å²) in [7, 11) is 0. The van der Waals surface area contributed by atoms with Crippen LogP contribution >= 0.6 is 0 Å². The van der Waals surface area contributed by atoms with Gasteiger partial charge in [0.1, 0.15) is 23.9 Å². The summed E-state index contributed by atoms with van der Waals surface area (Å²) < 4.78 is 0. The third-order valence-electron chi connectivity index (χ3n) is 8.75. The summed E-state index contributed by atoms with van der Waals surface area (Å²) >= 11 is 0. The van der Waals surface area contributed by atoms with Crippen molar-refractivity contribution in [3.63, 3.8) is 0 Å². The van der Waals surface area contributed by atoms with Gasteiger partial charge >= 0.3 is 0 Å². The molecule has 17 nitrogen and oxygen atoms in total. The van der Waals surface area contributed by atoms with Gasteiger partial charge in [-0.2, -0.15) is 0 Å². The maximum atomic E-state index is 14.0. The van der Waals surface area contributed by atoms with Gasteiger partial charge in [0.05, 0.1) is 12.6 Å². The van der Waals surface area contributed by atoms with E-state index in [1.54, 1.807) is 12.1 Å². The number of nitrogens with zero attached hydrogens (tertiary/aromatic N) is 2. The predicted molar refractivity (Wildman–Crippen MR) is 209 cm³/mol. The second kappa shape index (κ2) is 20.6. The molecule has 0 fully saturated rings. The Morgan fingerprint density at radius 3 is 1.91 bits per heavy atom. The van der Waals surface area contributed by atoms with E-state index in [0.29, 0.717) is 18.4 Å². The van der Waals surface area contributed by atoms with Gasteiger partial charge in [0.25, 0.3) is 0 Å². The maximum absolute atomic E-state index is 14.0. The molecule has 55 heavy (non-hydrogen) atoms. The van der Waals surface area contributed by atoms with Gasteiger partial charge in [0, 0.05) is 32.1 Å². The molecule has 3 aromatic rings. The van der Waals surface area contributed by atoms with Crippen molar-refractivity contribution in [2.24, 2.45) is 32.9 Å². The van der Waals surface area contributed by atoms with Crippen molar-refractivity contribution in [3.05, 3.63) is 90.1 Å². The number of carbonyl (C=O) groups is 5. The highest BCUT2D eigenvalue weighted by Crippen LogP contribution is 2.17. The number of nitrogens with one attached hydrogen (secondary N) is 5. The number of guanidine groups is 2. The topological polar surface area (TPSA) is 295 Å². The second-order valence-electron chi connectivity index (χ2n) is 13.1. The standard InChI is InChI=1S/C38H49N11O6/c39-37(40)44-16-3-7-28-35(54)48-29(8-4-17-45-38(41)42)36(55)49-31(21-24-9-12-25-5-1-2-6-26(25)19-24)34(53)46-22-33(52)47-30(32(51)15-18-43-28)20-23-10-13-27(50)14-11-23/h1-2,5-6,9-15,18-19,28-31,43,50H,3-4,7-8,16-17,20-22H2,(H,46,53)(H,47,52)(H,48,54)(H,49,55)(H4,39,40,44)(H4,41,42,45)/b18-15+/t28?,29?,30?,31-/m0/s1. The van der Waals surface area contributed by atoms with E-state index in [4.69, 9.17) is 22.9 Å². The van der Waals surface area contributed by atoms with Gasteiger partial charge in [-0.15, -0.1) is 0 Å². The van der Waals surface area contributed by atoms with E-state index < -0.39 is 60.1 Å². The Kier molecular flexibility index (Phi) is 15.4. The molecule has 1 heterocycles. The lowest BCUT2D eigenvalue weighted by molar-refractivity contribution is -0.133. The third-order valence-corrected chi connectivity index (χ3v) is 8.75. The van der Waals surface area contributed by atoms with Crippen LogP contribution in [0, 0.1) is 0 Å². The number of carbonyl (C=O) groups excluding carboxylic acids is 5. The molecule has 0 radical (unpaired) electrons. The molecule has 1 aliphatic heterocycles. The van der Waals surface area contributed by atoms with Gasteiger partial charge in [-0.05, 0) is 65.8 Å². The number of aliphatic imine (C=N–C) groups is 2. The Bertz CT molecular complexity index is 1910. The number of nitrogens with two attached hydrogens (primary N) is 4. The van der Waals surface area contributed by atoms with E-state index in [1.807, 2.05) is 42.5 Å². The first-order valence-electron chi connectivity index (χ1n) is 17.9. The number of fused-ring (bicyclic) bond motifs is 1. The third kappa shape index (κ3) is 13.7. The number of aromatic hydroxyl groups is 1. The number of rotatable bonds is 12. The molecule has 14 N–H and O–H groups in total. The average Bonchev–Trinajstić information content (AvgIpc) is 3.15. The molecule has 0 aromatic heterocycles. The molecule has 4 rings (SSSR count). The van der Waals surface area contributed by atoms with Gasteiger partial charge in [-0.25, -0.2) is 0 Å². The Labute approximate surface area is 318 Å². The zero-order valence-electron chi connectivity index (χ0n) is 30.4. The number of ketones is 1. The SMILES string of the molecule is NC(N)=NCCCC1N/C=C/C(=O)C(Cc2ccc(O)cc2)NC(=O)CNC(=O)[C@H](Cc2ccc3ccccc3c2)NC(=O)C(CCCN=C(N)N)NC1=O. The predicted octanol–water partition coefficient (Wildman–Crippen LogP) is -0.937. The minimum Gasteiger partial charge on any atom is -0.508 e. The molecular weight excluding hydrogens is 706 g/mol. The fraction of sp³-hybridized carbons (Fsp3) is 0.342. The molecule has 0 aliphatic carbocycles. The number of amides is 4. The summed E-state index contributed by atoms with van der Waals surface area (Å²) in [4.78, 5) is 76.2. The van der Waals surface area contributed by atoms with Crippen molar-refractivity contribution >= 4 is 52.1 Å². The van der Waals surface area contributed by atoms with Crippen molar-refractivity contribution in [2.45, 2.75) is 62.7 Å². The molecule has 0 bridgehead atoms. The zero-order valence-corrected chi connectivity index (χ0v) is 30.4. The Morgan fingerprint density at radius 2 is 1.24 bits per heavy atom. The maximum Gasteiger partial charge on any atom is 0.243 e. The fourth-order valence-corrected chi connectivity index (χ4v) is 5.91. The van der Waals surface area contributed by atoms with Crippen molar-refractivity contribution in [1.29, 1.82) is 0 Å². The smallest absolute Gasteiger partial charge is 0.243 e. The number of hydrogen-bond donors (Lipinski definition) is 10. The van der Waals surface area contributed by atoms with Crippen LogP contribution in [0.3, 0.4) is 0 Å². The van der Waals surface area contributed by atoms with Crippen LogP contribution in [0.2, 0.25) is 0 Å². The van der Waals surface area contributed by atoms with E-state index >= 15 is 0 Å². The highest BCUT2D eigenvalue weighted by molar-refractivity contribution is 5.98. The summed E-state index contributed by atoms with van der Waals surface area (Å²) in [6.07, 6.45) is 3.58. The van der Waals surface area contributed by atoms with E-state index in [9.17, 15) is 29.1 Å². The van der Waals surface area contributed by atoms with Crippen LogP contribution in [0.25, 0.3) is 10.8 Å². The lowest BCUT2D eigenvalue weighted by Gasteiger charge is -2.25. The molecule has 4 amide bonds. The molecule has 17 heteroatoms. The van der Waals surface area contributed by atoms with Crippen LogP contribution in [-0.4, -0.2) is 90.2 Å². The minimum atomic E-state index is -1.17. The number of benzene rings is 3. The quantitative estimate of drug-likeness (QED) is 0.0612. The van der Waals surface area contributed by atoms with Gasteiger partial charge in [0.15, 0.2) is 17.7 Å². The summed E-state index contributed by atoms with van der Waals surface area (Å²) in [6.45, 7) is -0.111. The highest BCUT2D eigenvalue weighted by atomic mass is 16.3. The summed E-state index contributed by atoms with van der Waals surface area (Å²) in [5.74, 6) is -3.25.